The van der Waals surface area contributed by atoms with Gasteiger partial charge < -0.3 is 19.9 Å². The summed E-state index contributed by atoms with van der Waals surface area (Å²) in [5.74, 6) is 1.15. The summed E-state index contributed by atoms with van der Waals surface area (Å²) in [6, 6.07) is 5.12. The Morgan fingerprint density at radius 3 is 2.70 bits per heavy atom. The first-order valence-corrected chi connectivity index (χ1v) is 6.94. The SMILES string of the molecule is CC(C)C(O)CNC(=O)c1ccc2c(c1)OCCCO2. The number of benzene rings is 1. The van der Waals surface area contributed by atoms with Gasteiger partial charge in [0.2, 0.25) is 0 Å². The molecule has 2 N–H and O–H groups in total. The number of aliphatic hydroxyl groups is 1. The molecule has 0 aliphatic carbocycles. The molecule has 0 aromatic heterocycles. The number of aliphatic hydroxyl groups excluding tert-OH is 1. The number of carbonyl (C=O) groups is 1. The number of hydrogen-bond donors (Lipinski definition) is 2. The second-order valence-electron chi connectivity index (χ2n) is 5.23. The quantitative estimate of drug-likeness (QED) is 0.878. The fraction of sp³-hybridized carbons (Fsp3) is 0.533. The van der Waals surface area contributed by atoms with Crippen LogP contribution in [0.3, 0.4) is 0 Å². The van der Waals surface area contributed by atoms with Crippen LogP contribution in [0.4, 0.5) is 0 Å². The molecular formula is C15H21NO4. The number of carbonyl (C=O) groups excluding carboxylic acids is 1. The molecule has 1 atom stereocenters. The van der Waals surface area contributed by atoms with Gasteiger partial charge >= 0.3 is 0 Å². The van der Waals surface area contributed by atoms with Crippen LogP contribution in [0.15, 0.2) is 18.2 Å². The first-order chi connectivity index (χ1) is 9.58. The van der Waals surface area contributed by atoms with Crippen molar-refractivity contribution >= 4 is 5.91 Å². The lowest BCUT2D eigenvalue weighted by Crippen LogP contribution is -2.34. The molecule has 1 aliphatic rings. The van der Waals surface area contributed by atoms with E-state index < -0.39 is 6.10 Å². The highest BCUT2D eigenvalue weighted by molar-refractivity contribution is 5.94. The predicted octanol–water partition coefficient (Wildman–Crippen LogP) is 1.59. The smallest absolute Gasteiger partial charge is 0.251 e. The summed E-state index contributed by atoms with van der Waals surface area (Å²) in [6.07, 6.45) is 0.288. The Morgan fingerprint density at radius 1 is 1.30 bits per heavy atom. The van der Waals surface area contributed by atoms with Crippen LogP contribution in [0.25, 0.3) is 0 Å². The van der Waals surface area contributed by atoms with Crippen molar-refractivity contribution in [3.05, 3.63) is 23.8 Å². The lowest BCUT2D eigenvalue weighted by atomic mass is 10.1. The van der Waals surface area contributed by atoms with Crippen molar-refractivity contribution in [2.45, 2.75) is 26.4 Å². The van der Waals surface area contributed by atoms with E-state index in [9.17, 15) is 9.90 Å². The van der Waals surface area contributed by atoms with Gasteiger partial charge in [-0.05, 0) is 24.1 Å². The maximum atomic E-state index is 12.0. The van der Waals surface area contributed by atoms with Gasteiger partial charge in [-0.1, -0.05) is 13.8 Å². The highest BCUT2D eigenvalue weighted by Crippen LogP contribution is 2.30. The average Bonchev–Trinajstić information content (AvgIpc) is 2.68. The first-order valence-electron chi connectivity index (χ1n) is 6.94. The van der Waals surface area contributed by atoms with E-state index >= 15 is 0 Å². The lowest BCUT2D eigenvalue weighted by molar-refractivity contribution is 0.0871. The van der Waals surface area contributed by atoms with Crippen molar-refractivity contribution in [1.29, 1.82) is 0 Å². The largest absolute Gasteiger partial charge is 0.490 e. The summed E-state index contributed by atoms with van der Waals surface area (Å²) >= 11 is 0. The Kier molecular flexibility index (Phi) is 4.84. The van der Waals surface area contributed by atoms with Crippen LogP contribution in [0.1, 0.15) is 30.6 Å². The summed E-state index contributed by atoms with van der Waals surface area (Å²) in [6.45, 7) is 5.27. The number of hydrogen-bond acceptors (Lipinski definition) is 4. The molecule has 0 saturated carbocycles. The van der Waals surface area contributed by atoms with Gasteiger partial charge in [-0.25, -0.2) is 0 Å². The van der Waals surface area contributed by atoms with E-state index in [1.165, 1.54) is 0 Å². The third-order valence-electron chi connectivity index (χ3n) is 3.25. The molecule has 2 rings (SSSR count). The first kappa shape index (κ1) is 14.7. The van der Waals surface area contributed by atoms with E-state index in [1.54, 1.807) is 18.2 Å². The van der Waals surface area contributed by atoms with Gasteiger partial charge in [-0.15, -0.1) is 0 Å². The maximum Gasteiger partial charge on any atom is 0.251 e. The summed E-state index contributed by atoms with van der Waals surface area (Å²) in [7, 11) is 0. The van der Waals surface area contributed by atoms with Gasteiger partial charge in [-0.2, -0.15) is 0 Å². The number of fused-ring (bicyclic) bond motifs is 1. The summed E-state index contributed by atoms with van der Waals surface area (Å²) in [5.41, 5.74) is 0.505. The number of amides is 1. The normalized spacial score (nSPS) is 15.6. The third-order valence-corrected chi connectivity index (χ3v) is 3.25. The average molecular weight is 279 g/mol. The van der Waals surface area contributed by atoms with Crippen molar-refractivity contribution in [3.63, 3.8) is 0 Å². The zero-order chi connectivity index (χ0) is 14.5. The predicted molar refractivity (Wildman–Crippen MR) is 75.2 cm³/mol. The van der Waals surface area contributed by atoms with Crippen LogP contribution in [0.2, 0.25) is 0 Å². The molecular weight excluding hydrogens is 258 g/mol. The second kappa shape index (κ2) is 6.61. The van der Waals surface area contributed by atoms with Gasteiger partial charge in [0.15, 0.2) is 11.5 Å². The zero-order valence-electron chi connectivity index (χ0n) is 11.9. The Balaban J connectivity index is 2.01. The van der Waals surface area contributed by atoms with Crippen molar-refractivity contribution in [2.24, 2.45) is 5.92 Å². The third kappa shape index (κ3) is 3.63. The lowest BCUT2D eigenvalue weighted by Gasteiger charge is -2.15. The number of rotatable bonds is 4. The van der Waals surface area contributed by atoms with E-state index in [1.807, 2.05) is 13.8 Å². The van der Waals surface area contributed by atoms with Crippen molar-refractivity contribution < 1.29 is 19.4 Å². The molecule has 20 heavy (non-hydrogen) atoms. The molecule has 1 heterocycles. The fourth-order valence-corrected chi connectivity index (χ4v) is 1.84. The minimum Gasteiger partial charge on any atom is -0.490 e. The van der Waals surface area contributed by atoms with Gasteiger partial charge in [0.1, 0.15) is 0 Å². The van der Waals surface area contributed by atoms with E-state index in [2.05, 4.69) is 5.32 Å². The molecule has 0 bridgehead atoms. The van der Waals surface area contributed by atoms with Crippen LogP contribution >= 0.6 is 0 Å². The minimum atomic E-state index is -0.542. The topological polar surface area (TPSA) is 67.8 Å². The van der Waals surface area contributed by atoms with Gasteiger partial charge in [-0.3, -0.25) is 4.79 Å². The van der Waals surface area contributed by atoms with Crippen LogP contribution in [0, 0.1) is 5.92 Å². The zero-order valence-corrected chi connectivity index (χ0v) is 11.9. The molecule has 1 unspecified atom stereocenters. The molecule has 5 nitrogen and oxygen atoms in total. The summed E-state index contributed by atoms with van der Waals surface area (Å²) in [5, 5.41) is 12.4. The maximum absolute atomic E-state index is 12.0. The Morgan fingerprint density at radius 2 is 2.00 bits per heavy atom. The molecule has 110 valence electrons. The van der Waals surface area contributed by atoms with E-state index in [-0.39, 0.29) is 18.4 Å². The molecule has 1 amide bonds. The molecule has 1 aliphatic heterocycles. The molecule has 1 aromatic rings. The van der Waals surface area contributed by atoms with Gasteiger partial charge in [0.25, 0.3) is 5.91 Å². The van der Waals surface area contributed by atoms with E-state index in [0.29, 0.717) is 30.3 Å². The molecule has 0 spiro atoms. The van der Waals surface area contributed by atoms with E-state index in [0.717, 1.165) is 6.42 Å². The Labute approximate surface area is 118 Å². The van der Waals surface area contributed by atoms with Crippen LogP contribution in [-0.2, 0) is 0 Å². The van der Waals surface area contributed by atoms with E-state index in [4.69, 9.17) is 9.47 Å². The minimum absolute atomic E-state index is 0.110. The van der Waals surface area contributed by atoms with Gasteiger partial charge in [0, 0.05) is 18.5 Å². The van der Waals surface area contributed by atoms with Crippen molar-refractivity contribution in [2.75, 3.05) is 19.8 Å². The Bertz CT molecular complexity index is 473. The molecule has 1 aromatic carbocycles. The van der Waals surface area contributed by atoms with Gasteiger partial charge in [0.05, 0.1) is 19.3 Å². The van der Waals surface area contributed by atoms with Crippen LogP contribution in [0.5, 0.6) is 11.5 Å². The summed E-state index contributed by atoms with van der Waals surface area (Å²) < 4.78 is 11.1. The second-order valence-corrected chi connectivity index (χ2v) is 5.23. The molecule has 0 radical (unpaired) electrons. The monoisotopic (exact) mass is 279 g/mol. The number of nitrogens with one attached hydrogen (secondary N) is 1. The molecule has 5 heteroatoms. The van der Waals surface area contributed by atoms with Crippen LogP contribution in [-0.4, -0.2) is 36.9 Å². The molecule has 0 saturated heterocycles. The molecule has 0 fully saturated rings. The highest BCUT2D eigenvalue weighted by Gasteiger charge is 2.15. The highest BCUT2D eigenvalue weighted by atomic mass is 16.5. The summed E-state index contributed by atoms with van der Waals surface area (Å²) in [4.78, 5) is 12.0. The number of ether oxygens (including phenoxy) is 2. The Hall–Kier alpha value is -1.75. The van der Waals surface area contributed by atoms with Crippen molar-refractivity contribution in [1.82, 2.24) is 5.32 Å². The van der Waals surface area contributed by atoms with Crippen molar-refractivity contribution in [3.8, 4) is 11.5 Å². The van der Waals surface area contributed by atoms with Crippen LogP contribution < -0.4 is 14.8 Å². The standard InChI is InChI=1S/C15H21NO4/c1-10(2)12(17)9-16-15(18)11-4-5-13-14(8-11)20-7-3-6-19-13/h4-5,8,10,12,17H,3,6-7,9H2,1-2H3,(H,16,18). The fourth-order valence-electron chi connectivity index (χ4n) is 1.84.